The topological polar surface area (TPSA) is 24.4 Å². The molecule has 0 radical (unpaired) electrons. The van der Waals surface area contributed by atoms with Gasteiger partial charge in [-0.25, -0.2) is 0 Å². The summed E-state index contributed by atoms with van der Waals surface area (Å²) in [5, 5.41) is 4.82. The van der Waals surface area contributed by atoms with E-state index in [1.54, 1.807) is 0 Å². The summed E-state index contributed by atoms with van der Waals surface area (Å²) >= 11 is 1.91. The van der Waals surface area contributed by atoms with Crippen LogP contribution in [0, 0.1) is 11.3 Å². The maximum atomic E-state index is 4.88. The zero-order chi connectivity index (χ0) is 13.0. The summed E-state index contributed by atoms with van der Waals surface area (Å²) in [5.41, 5.74) is 0.471. The third-order valence-electron chi connectivity index (χ3n) is 4.45. The highest BCUT2D eigenvalue weighted by Gasteiger charge is 2.27. The van der Waals surface area contributed by atoms with Crippen LogP contribution in [0.3, 0.4) is 0 Å². The van der Waals surface area contributed by atoms with Crippen LogP contribution in [-0.4, -0.2) is 23.5 Å². The summed E-state index contributed by atoms with van der Waals surface area (Å²) < 4.78 is 0. The monoisotopic (exact) mass is 268 g/mol. The zero-order valence-electron chi connectivity index (χ0n) is 12.2. The molecule has 0 aromatic carbocycles. The minimum Gasteiger partial charge on any atom is -0.362 e. The van der Waals surface area contributed by atoms with E-state index in [0.29, 0.717) is 17.4 Å². The minimum absolute atomic E-state index is 0.471. The van der Waals surface area contributed by atoms with Crippen LogP contribution in [0.5, 0.6) is 0 Å². The molecule has 0 spiro atoms. The fourth-order valence-electron chi connectivity index (χ4n) is 2.97. The van der Waals surface area contributed by atoms with Gasteiger partial charge in [0.15, 0.2) is 5.17 Å². The van der Waals surface area contributed by atoms with E-state index in [2.05, 4.69) is 26.1 Å². The molecule has 0 bridgehead atoms. The van der Waals surface area contributed by atoms with Crippen molar-refractivity contribution in [2.24, 2.45) is 16.3 Å². The average Bonchev–Trinajstić information content (AvgIpc) is 2.38. The Labute approximate surface area is 116 Å². The molecular weight excluding hydrogens is 240 g/mol. The summed E-state index contributed by atoms with van der Waals surface area (Å²) in [6.07, 6.45) is 8.23. The Hall–Kier alpha value is -0.180. The number of aliphatic imine (C=N–C) groups is 1. The molecule has 3 heteroatoms. The van der Waals surface area contributed by atoms with E-state index in [1.165, 1.54) is 49.4 Å². The molecule has 2 rings (SSSR count). The highest BCUT2D eigenvalue weighted by atomic mass is 32.2. The van der Waals surface area contributed by atoms with E-state index >= 15 is 0 Å². The zero-order valence-corrected chi connectivity index (χ0v) is 13.0. The number of nitrogens with one attached hydrogen (secondary N) is 1. The Kier molecular flexibility index (Phi) is 4.99. The average molecular weight is 268 g/mol. The van der Waals surface area contributed by atoms with E-state index in [4.69, 9.17) is 4.99 Å². The smallest absolute Gasteiger partial charge is 0.156 e. The first-order chi connectivity index (χ1) is 8.59. The minimum atomic E-state index is 0.471. The van der Waals surface area contributed by atoms with Crippen LogP contribution in [0.25, 0.3) is 0 Å². The van der Waals surface area contributed by atoms with Gasteiger partial charge in [-0.3, -0.25) is 4.99 Å². The van der Waals surface area contributed by atoms with E-state index in [-0.39, 0.29) is 0 Å². The third-order valence-corrected chi connectivity index (χ3v) is 5.41. The molecule has 1 unspecified atom stereocenters. The van der Waals surface area contributed by atoms with Gasteiger partial charge in [-0.2, -0.15) is 0 Å². The van der Waals surface area contributed by atoms with Crippen LogP contribution in [0.15, 0.2) is 4.99 Å². The summed E-state index contributed by atoms with van der Waals surface area (Å²) in [4.78, 5) is 4.88. The largest absolute Gasteiger partial charge is 0.362 e. The fourth-order valence-corrected chi connectivity index (χ4v) is 3.93. The summed E-state index contributed by atoms with van der Waals surface area (Å²) in [7, 11) is 0. The quantitative estimate of drug-likeness (QED) is 0.834. The number of hydrogen-bond acceptors (Lipinski definition) is 2. The van der Waals surface area contributed by atoms with E-state index < -0.39 is 0 Å². The van der Waals surface area contributed by atoms with E-state index in [9.17, 15) is 0 Å². The van der Waals surface area contributed by atoms with Gasteiger partial charge in [-0.15, -0.1) is 0 Å². The van der Waals surface area contributed by atoms with E-state index in [0.717, 1.165) is 6.54 Å². The maximum absolute atomic E-state index is 4.88. The number of hydrogen-bond donors (Lipinski definition) is 1. The molecule has 0 aromatic rings. The molecular formula is C15H28N2S. The molecule has 1 aliphatic carbocycles. The van der Waals surface area contributed by atoms with Crippen molar-refractivity contribution < 1.29 is 0 Å². The molecule has 1 atom stereocenters. The first-order valence-electron chi connectivity index (χ1n) is 7.53. The Bertz CT molecular complexity index is 293. The Balaban J connectivity index is 1.88. The van der Waals surface area contributed by atoms with Gasteiger partial charge in [-0.1, -0.05) is 51.8 Å². The molecule has 104 valence electrons. The highest BCUT2D eigenvalue weighted by molar-refractivity contribution is 8.13. The van der Waals surface area contributed by atoms with Crippen LogP contribution < -0.4 is 5.32 Å². The van der Waals surface area contributed by atoms with Gasteiger partial charge in [0.2, 0.25) is 0 Å². The third kappa shape index (κ3) is 3.91. The first-order valence-corrected chi connectivity index (χ1v) is 8.51. The maximum Gasteiger partial charge on any atom is 0.156 e. The first kappa shape index (κ1) is 14.2. The predicted octanol–water partition coefficient (Wildman–Crippen LogP) is 4.06. The van der Waals surface area contributed by atoms with Gasteiger partial charge in [0.1, 0.15) is 0 Å². The van der Waals surface area contributed by atoms with Crippen molar-refractivity contribution in [3.63, 3.8) is 0 Å². The lowest BCUT2D eigenvalue weighted by molar-refractivity contribution is 0.227. The molecule has 0 aromatic heterocycles. The Morgan fingerprint density at radius 2 is 2.06 bits per heavy atom. The van der Waals surface area contributed by atoms with Crippen molar-refractivity contribution >= 4 is 16.9 Å². The summed E-state index contributed by atoms with van der Waals surface area (Å²) in [6, 6.07) is 0.629. The number of nitrogens with zero attached hydrogens (tertiary/aromatic N) is 1. The summed E-state index contributed by atoms with van der Waals surface area (Å²) in [6.45, 7) is 8.04. The number of thioether (sulfide) groups is 1. The molecule has 1 heterocycles. The van der Waals surface area contributed by atoms with Gasteiger partial charge >= 0.3 is 0 Å². The highest BCUT2D eigenvalue weighted by Crippen LogP contribution is 2.36. The van der Waals surface area contributed by atoms with Gasteiger partial charge in [0, 0.05) is 18.3 Å². The van der Waals surface area contributed by atoms with Crippen LogP contribution >= 0.6 is 11.8 Å². The van der Waals surface area contributed by atoms with Gasteiger partial charge < -0.3 is 5.32 Å². The Morgan fingerprint density at radius 3 is 2.72 bits per heavy atom. The number of amidine groups is 1. The standard InChI is InChI=1S/C15H28N2S/c1-12(2)13-7-10-18-14(17-13)16-11-15(3)8-5-4-6-9-15/h12-13H,4-11H2,1-3H3,(H,16,17). The van der Waals surface area contributed by atoms with Crippen LogP contribution in [-0.2, 0) is 0 Å². The molecule has 2 aliphatic rings. The molecule has 0 amide bonds. The van der Waals surface area contributed by atoms with Gasteiger partial charge in [0.25, 0.3) is 0 Å². The molecule has 1 saturated carbocycles. The normalized spacial score (nSPS) is 30.4. The molecule has 1 aliphatic heterocycles. The van der Waals surface area contributed by atoms with Crippen molar-refractivity contribution in [1.29, 1.82) is 0 Å². The summed E-state index contributed by atoms with van der Waals surface area (Å²) in [5.74, 6) is 1.94. The van der Waals surface area contributed by atoms with Crippen LogP contribution in [0.2, 0.25) is 0 Å². The number of rotatable bonds is 3. The van der Waals surface area contributed by atoms with E-state index in [1.807, 2.05) is 11.8 Å². The van der Waals surface area contributed by atoms with Gasteiger partial charge in [-0.05, 0) is 30.6 Å². The molecule has 1 saturated heterocycles. The second-order valence-electron chi connectivity index (χ2n) is 6.62. The second kappa shape index (κ2) is 6.31. The lowest BCUT2D eigenvalue weighted by Gasteiger charge is -2.33. The lowest BCUT2D eigenvalue weighted by atomic mass is 9.76. The molecule has 2 fully saturated rings. The molecule has 18 heavy (non-hydrogen) atoms. The SMILES string of the molecule is CC(C)C1CCSC(=NCC2(C)CCCCC2)N1. The predicted molar refractivity (Wildman–Crippen MR) is 82.3 cm³/mol. The van der Waals surface area contributed by atoms with Crippen molar-refractivity contribution in [3.8, 4) is 0 Å². The second-order valence-corrected chi connectivity index (χ2v) is 7.71. The van der Waals surface area contributed by atoms with Gasteiger partial charge in [0.05, 0.1) is 0 Å². The fraction of sp³-hybridized carbons (Fsp3) is 0.933. The van der Waals surface area contributed by atoms with Crippen molar-refractivity contribution in [2.45, 2.75) is 65.3 Å². The molecule has 2 nitrogen and oxygen atoms in total. The van der Waals surface area contributed by atoms with Crippen LogP contribution in [0.4, 0.5) is 0 Å². The van der Waals surface area contributed by atoms with Crippen molar-refractivity contribution in [1.82, 2.24) is 5.32 Å². The van der Waals surface area contributed by atoms with Crippen molar-refractivity contribution in [2.75, 3.05) is 12.3 Å². The van der Waals surface area contributed by atoms with Crippen molar-refractivity contribution in [3.05, 3.63) is 0 Å². The van der Waals surface area contributed by atoms with Crippen LogP contribution in [0.1, 0.15) is 59.3 Å². The molecule has 1 N–H and O–H groups in total. The Morgan fingerprint density at radius 1 is 1.33 bits per heavy atom. The lowest BCUT2D eigenvalue weighted by Crippen LogP contribution is -2.41.